The van der Waals surface area contributed by atoms with Gasteiger partial charge in [-0.2, -0.15) is 0 Å². The number of hydrogen-bond acceptors (Lipinski definition) is 1. The molecule has 1 aliphatic rings. The highest BCUT2D eigenvalue weighted by molar-refractivity contribution is 14.1. The summed E-state index contributed by atoms with van der Waals surface area (Å²) in [6.45, 7) is 0. The lowest BCUT2D eigenvalue weighted by atomic mass is 9.77. The van der Waals surface area contributed by atoms with Gasteiger partial charge in [0, 0.05) is 9.61 Å². The van der Waals surface area contributed by atoms with Gasteiger partial charge in [0.1, 0.15) is 0 Å². The summed E-state index contributed by atoms with van der Waals surface area (Å²) in [6.07, 6.45) is 4.18. The van der Waals surface area contributed by atoms with Gasteiger partial charge in [0.15, 0.2) is 0 Å². The van der Waals surface area contributed by atoms with Crippen LogP contribution >= 0.6 is 22.6 Å². The molecule has 0 aliphatic heterocycles. The Bertz CT molecular complexity index is 307. The van der Waals surface area contributed by atoms with Crippen LogP contribution in [0, 0.1) is 9.49 Å². The van der Waals surface area contributed by atoms with Gasteiger partial charge in [-0.15, -0.1) is 0 Å². The van der Waals surface area contributed by atoms with Gasteiger partial charge in [-0.25, -0.2) is 0 Å². The second-order valence-electron chi connectivity index (χ2n) is 4.01. The first-order valence-electron chi connectivity index (χ1n) is 5.24. The molecule has 0 bridgehead atoms. The van der Waals surface area contributed by atoms with Crippen LogP contribution in [0.4, 0.5) is 0 Å². The van der Waals surface area contributed by atoms with Gasteiger partial charge in [-0.1, -0.05) is 18.6 Å². The molecule has 2 heteroatoms. The van der Waals surface area contributed by atoms with E-state index in [2.05, 4.69) is 59.2 Å². The summed E-state index contributed by atoms with van der Waals surface area (Å²) in [5.74, 6) is 0.859. The Hall–Kier alpha value is -0.0900. The number of rotatable bonds is 3. The zero-order valence-electron chi connectivity index (χ0n) is 8.46. The van der Waals surface area contributed by atoms with Gasteiger partial charge >= 0.3 is 0 Å². The smallest absolute Gasteiger partial charge is 0.0346 e. The molecule has 0 heterocycles. The predicted octanol–water partition coefficient (Wildman–Crippen LogP) is 3.35. The third-order valence-electron chi connectivity index (χ3n) is 3.14. The van der Waals surface area contributed by atoms with Gasteiger partial charge in [0.05, 0.1) is 0 Å². The first kappa shape index (κ1) is 10.4. The van der Waals surface area contributed by atoms with Crippen LogP contribution in [0.15, 0.2) is 24.3 Å². The van der Waals surface area contributed by atoms with E-state index in [4.69, 9.17) is 0 Å². The molecule has 0 spiro atoms. The van der Waals surface area contributed by atoms with Crippen molar-refractivity contribution in [3.05, 3.63) is 33.4 Å². The maximum Gasteiger partial charge on any atom is 0.0346 e. The van der Waals surface area contributed by atoms with Crippen molar-refractivity contribution in [2.45, 2.75) is 25.3 Å². The standard InChI is InChI=1S/C12H16IN/c1-14-12(9-4-2-5-9)10-6-3-7-11(13)8-10/h3,6-9,12,14H,2,4-5H2,1H3. The zero-order chi connectivity index (χ0) is 9.97. The second kappa shape index (κ2) is 4.62. The van der Waals surface area contributed by atoms with E-state index in [1.165, 1.54) is 28.4 Å². The molecular weight excluding hydrogens is 285 g/mol. The molecule has 1 aliphatic carbocycles. The van der Waals surface area contributed by atoms with Crippen LogP contribution in [0.3, 0.4) is 0 Å². The summed E-state index contributed by atoms with van der Waals surface area (Å²) >= 11 is 2.38. The van der Waals surface area contributed by atoms with Crippen molar-refractivity contribution in [1.82, 2.24) is 5.32 Å². The van der Waals surface area contributed by atoms with E-state index in [1.807, 2.05) is 0 Å². The molecule has 14 heavy (non-hydrogen) atoms. The van der Waals surface area contributed by atoms with Crippen molar-refractivity contribution in [1.29, 1.82) is 0 Å². The van der Waals surface area contributed by atoms with E-state index >= 15 is 0 Å². The Kier molecular flexibility index (Phi) is 3.44. The highest BCUT2D eigenvalue weighted by atomic mass is 127. The summed E-state index contributed by atoms with van der Waals surface area (Å²) in [4.78, 5) is 0. The molecule has 1 aromatic rings. The maximum atomic E-state index is 3.44. The molecule has 1 nitrogen and oxygen atoms in total. The van der Waals surface area contributed by atoms with E-state index in [-0.39, 0.29) is 0 Å². The molecule has 1 aromatic carbocycles. The minimum Gasteiger partial charge on any atom is -0.313 e. The first-order chi connectivity index (χ1) is 6.81. The van der Waals surface area contributed by atoms with Crippen molar-refractivity contribution in [3.8, 4) is 0 Å². The van der Waals surface area contributed by atoms with Gasteiger partial charge in [0.25, 0.3) is 0 Å². The fraction of sp³-hybridized carbons (Fsp3) is 0.500. The number of benzene rings is 1. The fourth-order valence-corrected chi connectivity index (χ4v) is 2.71. The van der Waals surface area contributed by atoms with Gasteiger partial charge in [0.2, 0.25) is 0 Å². The summed E-state index contributed by atoms with van der Waals surface area (Å²) in [5.41, 5.74) is 1.45. The predicted molar refractivity (Wildman–Crippen MR) is 68.3 cm³/mol. The van der Waals surface area contributed by atoms with E-state index in [0.29, 0.717) is 6.04 Å². The molecule has 1 saturated carbocycles. The quantitative estimate of drug-likeness (QED) is 0.844. The van der Waals surface area contributed by atoms with Crippen LogP contribution in [0.5, 0.6) is 0 Å². The summed E-state index contributed by atoms with van der Waals surface area (Å²) < 4.78 is 1.33. The summed E-state index contributed by atoms with van der Waals surface area (Å²) in [5, 5.41) is 3.44. The second-order valence-corrected chi connectivity index (χ2v) is 5.26. The van der Waals surface area contributed by atoms with E-state index in [1.54, 1.807) is 0 Å². The molecule has 0 radical (unpaired) electrons. The highest BCUT2D eigenvalue weighted by Crippen LogP contribution is 2.37. The largest absolute Gasteiger partial charge is 0.313 e. The Morgan fingerprint density at radius 3 is 2.71 bits per heavy atom. The number of nitrogens with one attached hydrogen (secondary N) is 1. The van der Waals surface area contributed by atoms with Crippen molar-refractivity contribution in [2.24, 2.45) is 5.92 Å². The van der Waals surface area contributed by atoms with Crippen molar-refractivity contribution >= 4 is 22.6 Å². The molecule has 76 valence electrons. The Morgan fingerprint density at radius 2 is 2.21 bits per heavy atom. The van der Waals surface area contributed by atoms with Crippen molar-refractivity contribution < 1.29 is 0 Å². The third kappa shape index (κ3) is 2.11. The average molecular weight is 301 g/mol. The molecule has 0 aromatic heterocycles. The topological polar surface area (TPSA) is 12.0 Å². The SMILES string of the molecule is CNC(c1cccc(I)c1)C1CCC1. The van der Waals surface area contributed by atoms with Crippen LogP contribution in [0.25, 0.3) is 0 Å². The van der Waals surface area contributed by atoms with Crippen molar-refractivity contribution in [3.63, 3.8) is 0 Å². The van der Waals surface area contributed by atoms with Crippen molar-refractivity contribution in [2.75, 3.05) is 7.05 Å². The Balaban J connectivity index is 2.17. The van der Waals surface area contributed by atoms with Crippen LogP contribution < -0.4 is 5.32 Å². The molecule has 1 fully saturated rings. The number of halogens is 1. The lowest BCUT2D eigenvalue weighted by Gasteiger charge is -2.34. The minimum atomic E-state index is 0.568. The van der Waals surface area contributed by atoms with E-state index < -0.39 is 0 Å². The summed E-state index contributed by atoms with van der Waals surface area (Å²) in [6, 6.07) is 9.40. The Labute approximate surface area is 99.4 Å². The monoisotopic (exact) mass is 301 g/mol. The van der Waals surface area contributed by atoms with Gasteiger partial charge in [-0.3, -0.25) is 0 Å². The molecule has 2 rings (SSSR count). The molecule has 0 amide bonds. The highest BCUT2D eigenvalue weighted by Gasteiger charge is 2.27. The van der Waals surface area contributed by atoms with Crippen LogP contribution in [0.1, 0.15) is 30.9 Å². The molecule has 0 saturated heterocycles. The average Bonchev–Trinajstić information content (AvgIpc) is 2.10. The van der Waals surface area contributed by atoms with Crippen LogP contribution in [-0.2, 0) is 0 Å². The fourth-order valence-electron chi connectivity index (χ4n) is 2.15. The zero-order valence-corrected chi connectivity index (χ0v) is 10.6. The molecule has 1 unspecified atom stereocenters. The van der Waals surface area contributed by atoms with E-state index in [9.17, 15) is 0 Å². The lowest BCUT2D eigenvalue weighted by Crippen LogP contribution is -2.29. The van der Waals surface area contributed by atoms with Crippen LogP contribution in [0.2, 0.25) is 0 Å². The summed E-state index contributed by atoms with van der Waals surface area (Å²) in [7, 11) is 2.07. The maximum absolute atomic E-state index is 3.44. The van der Waals surface area contributed by atoms with Crippen LogP contribution in [-0.4, -0.2) is 7.05 Å². The Morgan fingerprint density at radius 1 is 1.43 bits per heavy atom. The third-order valence-corrected chi connectivity index (χ3v) is 3.81. The minimum absolute atomic E-state index is 0.568. The normalized spacial score (nSPS) is 19.0. The molecule has 1 atom stereocenters. The first-order valence-corrected chi connectivity index (χ1v) is 6.32. The molecular formula is C12H16IN. The lowest BCUT2D eigenvalue weighted by molar-refractivity contribution is 0.239. The van der Waals surface area contributed by atoms with E-state index in [0.717, 1.165) is 5.92 Å². The van der Waals surface area contributed by atoms with Gasteiger partial charge < -0.3 is 5.32 Å². The van der Waals surface area contributed by atoms with Gasteiger partial charge in [-0.05, 0) is 66.1 Å². The molecule has 1 N–H and O–H groups in total. The number of hydrogen-bond donors (Lipinski definition) is 1.